The van der Waals surface area contributed by atoms with Crippen molar-refractivity contribution < 1.29 is 13.9 Å². The molecule has 1 aromatic carbocycles. The summed E-state index contributed by atoms with van der Waals surface area (Å²) in [5.74, 6) is 0.441. The first-order valence-electron chi connectivity index (χ1n) is 6.93. The molecule has 0 fully saturated rings. The molecule has 0 saturated heterocycles. The van der Waals surface area contributed by atoms with Crippen molar-refractivity contribution in [1.82, 2.24) is 10.3 Å². The van der Waals surface area contributed by atoms with Crippen LogP contribution in [0, 0.1) is 5.82 Å². The molecule has 1 amide bonds. The van der Waals surface area contributed by atoms with E-state index in [9.17, 15) is 9.18 Å². The predicted molar refractivity (Wildman–Crippen MR) is 80.8 cm³/mol. The second-order valence-corrected chi connectivity index (χ2v) is 5.02. The average Bonchev–Trinajstić information content (AvgIpc) is 2.47. The molecule has 5 nitrogen and oxygen atoms in total. The van der Waals surface area contributed by atoms with Crippen LogP contribution in [-0.4, -0.2) is 16.9 Å². The molecule has 0 aliphatic rings. The smallest absolute Gasteiger partial charge is 0.221 e. The third-order valence-electron chi connectivity index (χ3n) is 2.83. The molecule has 6 heteroatoms. The van der Waals surface area contributed by atoms with E-state index in [1.165, 1.54) is 24.3 Å². The molecule has 116 valence electrons. The van der Waals surface area contributed by atoms with Gasteiger partial charge in [0.05, 0.1) is 0 Å². The zero-order valence-electron chi connectivity index (χ0n) is 12.3. The predicted octanol–water partition coefficient (Wildman–Crippen LogP) is 2.37. The fourth-order valence-corrected chi connectivity index (χ4v) is 1.80. The highest BCUT2D eigenvalue weighted by Gasteiger charge is 2.06. The van der Waals surface area contributed by atoms with Crippen molar-refractivity contribution >= 4 is 5.91 Å². The van der Waals surface area contributed by atoms with E-state index in [-0.39, 0.29) is 24.2 Å². The molecule has 0 spiro atoms. The Balaban J connectivity index is 1.95. The third kappa shape index (κ3) is 5.14. The molecular weight excluding hydrogens is 285 g/mol. The molecule has 0 bridgehead atoms. The van der Waals surface area contributed by atoms with Gasteiger partial charge in [0.25, 0.3) is 0 Å². The minimum Gasteiger partial charge on any atom is -0.439 e. The Morgan fingerprint density at radius 3 is 2.77 bits per heavy atom. The number of benzene rings is 1. The Morgan fingerprint density at radius 2 is 2.09 bits per heavy atom. The first-order valence-corrected chi connectivity index (χ1v) is 6.93. The number of nitrogens with two attached hydrogens (primary N) is 1. The highest BCUT2D eigenvalue weighted by Crippen LogP contribution is 2.20. The molecule has 22 heavy (non-hydrogen) atoms. The normalized spacial score (nSPS) is 11.8. The molecular formula is C16H18FN3O2. The molecule has 0 aliphatic heterocycles. The maximum Gasteiger partial charge on any atom is 0.221 e. The molecule has 1 aromatic heterocycles. The summed E-state index contributed by atoms with van der Waals surface area (Å²) in [6.07, 6.45) is 1.87. The summed E-state index contributed by atoms with van der Waals surface area (Å²) in [6.45, 7) is 2.15. The van der Waals surface area contributed by atoms with E-state index in [4.69, 9.17) is 10.5 Å². The lowest BCUT2D eigenvalue weighted by atomic mass is 10.2. The second-order valence-electron chi connectivity index (χ2n) is 5.02. The average molecular weight is 303 g/mol. The first-order chi connectivity index (χ1) is 10.5. The van der Waals surface area contributed by atoms with Crippen molar-refractivity contribution in [1.29, 1.82) is 0 Å². The van der Waals surface area contributed by atoms with Gasteiger partial charge in [-0.25, -0.2) is 9.37 Å². The van der Waals surface area contributed by atoms with Crippen LogP contribution in [0.4, 0.5) is 4.39 Å². The summed E-state index contributed by atoms with van der Waals surface area (Å²) in [5, 5.41) is 2.78. The summed E-state index contributed by atoms with van der Waals surface area (Å²) in [6, 6.07) is 9.00. The third-order valence-corrected chi connectivity index (χ3v) is 2.83. The van der Waals surface area contributed by atoms with Gasteiger partial charge in [-0.05, 0) is 42.8 Å². The zero-order valence-corrected chi connectivity index (χ0v) is 12.3. The number of nitrogens with one attached hydrogen (secondary N) is 1. The summed E-state index contributed by atoms with van der Waals surface area (Å²) in [5.41, 5.74) is 6.42. The van der Waals surface area contributed by atoms with Crippen molar-refractivity contribution in [3.8, 4) is 11.6 Å². The Hall–Kier alpha value is -2.47. The number of hydrogen-bond acceptors (Lipinski definition) is 4. The van der Waals surface area contributed by atoms with Crippen molar-refractivity contribution in [3.05, 3.63) is 54.0 Å². The number of ether oxygens (including phenoxy) is 1. The number of carbonyl (C=O) groups excluding carboxylic acids is 1. The topological polar surface area (TPSA) is 77.2 Å². The van der Waals surface area contributed by atoms with Crippen LogP contribution in [0.3, 0.4) is 0 Å². The Kier molecular flexibility index (Phi) is 5.43. The molecule has 3 N–H and O–H groups in total. The van der Waals surface area contributed by atoms with E-state index in [0.717, 1.165) is 5.56 Å². The summed E-state index contributed by atoms with van der Waals surface area (Å²) in [7, 11) is 0. The van der Waals surface area contributed by atoms with Gasteiger partial charge in [0.1, 0.15) is 11.6 Å². The van der Waals surface area contributed by atoms with Gasteiger partial charge >= 0.3 is 0 Å². The number of hydrogen-bond donors (Lipinski definition) is 2. The fraction of sp³-hybridized carbons (Fsp3) is 0.250. The molecule has 1 heterocycles. The van der Waals surface area contributed by atoms with E-state index in [1.54, 1.807) is 25.3 Å². The number of nitrogens with zero attached hydrogens (tertiary/aromatic N) is 1. The molecule has 1 unspecified atom stereocenters. The quantitative estimate of drug-likeness (QED) is 0.859. The molecule has 0 saturated carbocycles. The molecule has 1 atom stereocenters. The van der Waals surface area contributed by atoms with E-state index in [0.29, 0.717) is 18.2 Å². The SMILES string of the molecule is CC(N)CC(=O)NCc1ccnc(Oc2ccc(F)cc2)c1. The maximum atomic E-state index is 12.8. The van der Waals surface area contributed by atoms with Crippen LogP contribution < -0.4 is 15.8 Å². The van der Waals surface area contributed by atoms with Crippen LogP contribution >= 0.6 is 0 Å². The monoisotopic (exact) mass is 303 g/mol. The number of pyridine rings is 1. The van der Waals surface area contributed by atoms with Gasteiger partial charge in [-0.2, -0.15) is 0 Å². The number of carbonyl (C=O) groups is 1. The van der Waals surface area contributed by atoms with E-state index in [1.807, 2.05) is 0 Å². The van der Waals surface area contributed by atoms with Crippen molar-refractivity contribution in [2.45, 2.75) is 25.9 Å². The Morgan fingerprint density at radius 1 is 1.36 bits per heavy atom. The fourth-order valence-electron chi connectivity index (χ4n) is 1.80. The highest BCUT2D eigenvalue weighted by atomic mass is 19.1. The highest BCUT2D eigenvalue weighted by molar-refractivity contribution is 5.76. The van der Waals surface area contributed by atoms with E-state index < -0.39 is 0 Å². The Labute approximate surface area is 128 Å². The van der Waals surface area contributed by atoms with Gasteiger partial charge in [0.2, 0.25) is 11.8 Å². The Bertz CT molecular complexity index is 630. The maximum absolute atomic E-state index is 12.8. The second kappa shape index (κ2) is 7.51. The lowest BCUT2D eigenvalue weighted by molar-refractivity contribution is -0.121. The van der Waals surface area contributed by atoms with Crippen LogP contribution in [-0.2, 0) is 11.3 Å². The van der Waals surface area contributed by atoms with E-state index in [2.05, 4.69) is 10.3 Å². The number of halogens is 1. The van der Waals surface area contributed by atoms with Crippen LogP contribution in [0.2, 0.25) is 0 Å². The number of amides is 1. The molecule has 0 aliphatic carbocycles. The van der Waals surface area contributed by atoms with Crippen LogP contribution in [0.15, 0.2) is 42.6 Å². The largest absolute Gasteiger partial charge is 0.439 e. The lowest BCUT2D eigenvalue weighted by Crippen LogP contribution is -2.29. The minimum absolute atomic E-state index is 0.104. The standard InChI is InChI=1S/C16H18FN3O2/c1-11(18)8-15(21)20-10-12-6-7-19-16(9-12)22-14-4-2-13(17)3-5-14/h2-7,9,11H,8,10,18H2,1H3,(H,20,21). The lowest BCUT2D eigenvalue weighted by Gasteiger charge is -2.09. The van der Waals surface area contributed by atoms with Crippen molar-refractivity contribution in [2.24, 2.45) is 5.73 Å². The van der Waals surface area contributed by atoms with Crippen LogP contribution in [0.5, 0.6) is 11.6 Å². The first kappa shape index (κ1) is 15.9. The molecule has 2 rings (SSSR count). The van der Waals surface area contributed by atoms with Crippen LogP contribution in [0.25, 0.3) is 0 Å². The summed E-state index contributed by atoms with van der Waals surface area (Å²) in [4.78, 5) is 15.6. The summed E-state index contributed by atoms with van der Waals surface area (Å²) >= 11 is 0. The minimum atomic E-state index is -0.328. The van der Waals surface area contributed by atoms with Crippen molar-refractivity contribution in [2.75, 3.05) is 0 Å². The molecule has 2 aromatic rings. The van der Waals surface area contributed by atoms with Gasteiger partial charge in [-0.3, -0.25) is 4.79 Å². The summed E-state index contributed by atoms with van der Waals surface area (Å²) < 4.78 is 18.4. The number of rotatable bonds is 6. The number of aromatic nitrogens is 1. The van der Waals surface area contributed by atoms with Gasteiger partial charge in [0.15, 0.2) is 0 Å². The van der Waals surface area contributed by atoms with E-state index >= 15 is 0 Å². The van der Waals surface area contributed by atoms with Gasteiger partial charge in [-0.1, -0.05) is 0 Å². The van der Waals surface area contributed by atoms with Crippen molar-refractivity contribution in [3.63, 3.8) is 0 Å². The van der Waals surface area contributed by atoms with Gasteiger partial charge in [0, 0.05) is 31.3 Å². The molecule has 0 radical (unpaired) electrons. The van der Waals surface area contributed by atoms with Crippen LogP contribution in [0.1, 0.15) is 18.9 Å². The van der Waals surface area contributed by atoms with Gasteiger partial charge < -0.3 is 15.8 Å². The zero-order chi connectivity index (χ0) is 15.9. The van der Waals surface area contributed by atoms with Gasteiger partial charge in [-0.15, -0.1) is 0 Å².